The molecule has 0 radical (unpaired) electrons. The van der Waals surface area contributed by atoms with E-state index in [1.165, 1.54) is 25.3 Å². The second kappa shape index (κ2) is 6.98. The van der Waals surface area contributed by atoms with Crippen LogP contribution in [-0.4, -0.2) is 7.11 Å². The van der Waals surface area contributed by atoms with Crippen LogP contribution in [-0.2, 0) is 6.42 Å². The molecule has 0 aromatic heterocycles. The molecule has 1 unspecified atom stereocenters. The molecule has 0 amide bonds. The Balaban J connectivity index is 2.29. The van der Waals surface area contributed by atoms with Crippen LogP contribution < -0.4 is 16.0 Å². The fourth-order valence-corrected chi connectivity index (χ4v) is 2.78. The smallest absolute Gasteiger partial charge is 0.165 e. The van der Waals surface area contributed by atoms with Crippen molar-refractivity contribution in [3.63, 3.8) is 0 Å². The van der Waals surface area contributed by atoms with Crippen LogP contribution >= 0.6 is 15.9 Å². The summed E-state index contributed by atoms with van der Waals surface area (Å²) in [6.07, 6.45) is 0.344. The maximum atomic E-state index is 14.0. The van der Waals surface area contributed by atoms with E-state index in [-0.39, 0.29) is 11.6 Å². The van der Waals surface area contributed by atoms with Gasteiger partial charge in [0.25, 0.3) is 0 Å². The summed E-state index contributed by atoms with van der Waals surface area (Å²) in [7, 11) is 1.40. The summed E-state index contributed by atoms with van der Waals surface area (Å²) in [5.74, 6) is 4.86. The number of hydrazine groups is 1. The van der Waals surface area contributed by atoms with Crippen LogP contribution in [0.3, 0.4) is 0 Å². The Kier molecular flexibility index (Phi) is 5.27. The number of nitrogens with one attached hydrogen (secondary N) is 1. The zero-order valence-electron chi connectivity index (χ0n) is 11.4. The largest absolute Gasteiger partial charge is 0.494 e. The maximum absolute atomic E-state index is 14.0. The van der Waals surface area contributed by atoms with E-state index < -0.39 is 11.9 Å². The van der Waals surface area contributed by atoms with E-state index in [4.69, 9.17) is 10.6 Å². The number of methoxy groups -OCH3 is 1. The van der Waals surface area contributed by atoms with Gasteiger partial charge in [-0.15, -0.1) is 0 Å². The summed E-state index contributed by atoms with van der Waals surface area (Å²) in [6.45, 7) is 0. The van der Waals surface area contributed by atoms with E-state index in [1.54, 1.807) is 18.2 Å². The van der Waals surface area contributed by atoms with E-state index in [0.29, 0.717) is 22.0 Å². The fourth-order valence-electron chi connectivity index (χ4n) is 2.16. The lowest BCUT2D eigenvalue weighted by Gasteiger charge is -2.19. The quantitative estimate of drug-likeness (QED) is 0.636. The number of ether oxygens (including phenoxy) is 1. The van der Waals surface area contributed by atoms with E-state index in [9.17, 15) is 8.78 Å². The van der Waals surface area contributed by atoms with Crippen molar-refractivity contribution in [2.45, 2.75) is 12.5 Å². The Bertz CT molecular complexity index is 617. The third-order valence-electron chi connectivity index (χ3n) is 3.21. The third-order valence-corrected chi connectivity index (χ3v) is 3.90. The lowest BCUT2D eigenvalue weighted by atomic mass is 9.98. The van der Waals surface area contributed by atoms with Gasteiger partial charge in [-0.25, -0.2) is 8.78 Å². The molecule has 0 fully saturated rings. The van der Waals surface area contributed by atoms with E-state index >= 15 is 0 Å². The molecule has 6 heteroatoms. The van der Waals surface area contributed by atoms with Gasteiger partial charge in [0, 0.05) is 10.0 Å². The molecule has 1 atom stereocenters. The molecule has 3 nitrogen and oxygen atoms in total. The molecule has 0 heterocycles. The van der Waals surface area contributed by atoms with Crippen molar-refractivity contribution in [3.8, 4) is 5.75 Å². The average molecular weight is 357 g/mol. The highest BCUT2D eigenvalue weighted by atomic mass is 79.9. The zero-order chi connectivity index (χ0) is 15.4. The first-order valence-corrected chi connectivity index (χ1v) is 7.08. The van der Waals surface area contributed by atoms with Crippen LogP contribution in [0, 0.1) is 11.6 Å². The fraction of sp³-hybridized carbons (Fsp3) is 0.200. The van der Waals surface area contributed by atoms with Crippen LogP contribution in [0.25, 0.3) is 0 Å². The molecular weight excluding hydrogens is 342 g/mol. The predicted octanol–water partition coefficient (Wildman–Crippen LogP) is 3.48. The van der Waals surface area contributed by atoms with Gasteiger partial charge in [-0.05, 0) is 36.2 Å². The van der Waals surface area contributed by atoms with E-state index in [1.807, 2.05) is 0 Å². The van der Waals surface area contributed by atoms with Gasteiger partial charge >= 0.3 is 0 Å². The number of halogens is 3. The van der Waals surface area contributed by atoms with Gasteiger partial charge in [-0.1, -0.05) is 28.1 Å². The van der Waals surface area contributed by atoms with Crippen molar-refractivity contribution in [2.24, 2.45) is 5.84 Å². The predicted molar refractivity (Wildman–Crippen MR) is 80.8 cm³/mol. The van der Waals surface area contributed by atoms with Crippen molar-refractivity contribution >= 4 is 15.9 Å². The maximum Gasteiger partial charge on any atom is 0.165 e. The van der Waals surface area contributed by atoms with Gasteiger partial charge in [0.15, 0.2) is 11.6 Å². The second-order valence-electron chi connectivity index (χ2n) is 4.53. The summed E-state index contributed by atoms with van der Waals surface area (Å²) < 4.78 is 33.2. The number of benzene rings is 2. The van der Waals surface area contributed by atoms with E-state index in [2.05, 4.69) is 21.4 Å². The first-order chi connectivity index (χ1) is 10.1. The first kappa shape index (κ1) is 15.9. The molecule has 0 aliphatic heterocycles. The molecule has 0 spiro atoms. The summed E-state index contributed by atoms with van der Waals surface area (Å²) in [4.78, 5) is 0. The van der Waals surface area contributed by atoms with Crippen molar-refractivity contribution in [3.05, 3.63) is 63.6 Å². The highest BCUT2D eigenvalue weighted by Gasteiger charge is 2.18. The van der Waals surface area contributed by atoms with Gasteiger partial charge in [0.05, 0.1) is 13.2 Å². The molecule has 0 saturated heterocycles. The molecule has 2 aromatic carbocycles. The zero-order valence-corrected chi connectivity index (χ0v) is 13.0. The first-order valence-electron chi connectivity index (χ1n) is 6.29. The molecule has 2 aromatic rings. The molecule has 2 rings (SSSR count). The molecule has 0 bridgehead atoms. The van der Waals surface area contributed by atoms with Gasteiger partial charge in [-0.2, -0.15) is 0 Å². The van der Waals surface area contributed by atoms with Gasteiger partial charge < -0.3 is 4.74 Å². The minimum atomic E-state index is -0.478. The second-order valence-corrected chi connectivity index (χ2v) is 5.38. The summed E-state index contributed by atoms with van der Waals surface area (Å²) in [5.41, 5.74) is 3.67. The van der Waals surface area contributed by atoms with Crippen molar-refractivity contribution in [1.82, 2.24) is 5.43 Å². The van der Waals surface area contributed by atoms with Gasteiger partial charge in [0.2, 0.25) is 0 Å². The Morgan fingerprint density at radius 3 is 2.57 bits per heavy atom. The topological polar surface area (TPSA) is 47.3 Å². The molecular formula is C15H15BrF2N2O. The van der Waals surface area contributed by atoms with Crippen LogP contribution in [0.15, 0.2) is 40.9 Å². The van der Waals surface area contributed by atoms with E-state index in [0.717, 1.165) is 0 Å². The SMILES string of the molecule is COc1ccc(CC(NN)c2c(F)cccc2Br)cc1F. The Labute approximate surface area is 130 Å². The summed E-state index contributed by atoms with van der Waals surface area (Å²) >= 11 is 3.31. The highest BCUT2D eigenvalue weighted by molar-refractivity contribution is 9.10. The van der Waals surface area contributed by atoms with Crippen molar-refractivity contribution < 1.29 is 13.5 Å². The van der Waals surface area contributed by atoms with Gasteiger partial charge in [-0.3, -0.25) is 11.3 Å². The standard InChI is InChI=1S/C15H15BrF2N2O/c1-21-14-6-5-9(7-12(14)18)8-13(20-19)15-10(16)3-2-4-11(15)17/h2-7,13,20H,8,19H2,1H3. The molecule has 0 aliphatic rings. The molecule has 0 aliphatic carbocycles. The Hall–Kier alpha value is -1.50. The summed E-state index contributed by atoms with van der Waals surface area (Å²) in [6, 6.07) is 8.83. The average Bonchev–Trinajstić information content (AvgIpc) is 2.46. The Morgan fingerprint density at radius 1 is 1.24 bits per heavy atom. The highest BCUT2D eigenvalue weighted by Crippen LogP contribution is 2.29. The van der Waals surface area contributed by atoms with Crippen LogP contribution in [0.5, 0.6) is 5.75 Å². The number of hydrogen-bond donors (Lipinski definition) is 2. The van der Waals surface area contributed by atoms with Crippen LogP contribution in [0.4, 0.5) is 8.78 Å². The minimum Gasteiger partial charge on any atom is -0.494 e. The lowest BCUT2D eigenvalue weighted by Crippen LogP contribution is -2.30. The Morgan fingerprint density at radius 2 is 2.00 bits per heavy atom. The lowest BCUT2D eigenvalue weighted by molar-refractivity contribution is 0.386. The number of hydrogen-bond acceptors (Lipinski definition) is 3. The molecule has 0 saturated carbocycles. The summed E-state index contributed by atoms with van der Waals surface area (Å²) in [5, 5.41) is 0. The monoisotopic (exact) mass is 356 g/mol. The van der Waals surface area contributed by atoms with Gasteiger partial charge in [0.1, 0.15) is 5.82 Å². The van der Waals surface area contributed by atoms with Crippen LogP contribution in [0.1, 0.15) is 17.2 Å². The molecule has 21 heavy (non-hydrogen) atoms. The number of nitrogens with two attached hydrogens (primary N) is 1. The minimum absolute atomic E-state index is 0.170. The molecule has 112 valence electrons. The van der Waals surface area contributed by atoms with Crippen molar-refractivity contribution in [1.29, 1.82) is 0 Å². The van der Waals surface area contributed by atoms with Crippen molar-refractivity contribution in [2.75, 3.05) is 7.11 Å². The third kappa shape index (κ3) is 3.58. The molecule has 3 N–H and O–H groups in total. The normalized spacial score (nSPS) is 12.2. The van der Waals surface area contributed by atoms with Crippen LogP contribution in [0.2, 0.25) is 0 Å². The number of rotatable bonds is 5.